The van der Waals surface area contributed by atoms with Crippen molar-refractivity contribution in [1.29, 1.82) is 0 Å². The molecule has 0 amide bonds. The van der Waals surface area contributed by atoms with Crippen molar-refractivity contribution in [2.75, 3.05) is 0 Å². The molecule has 0 N–H and O–H groups in total. The largest absolute Gasteiger partial charge is 0.472 e. The van der Waals surface area contributed by atoms with Gasteiger partial charge in [-0.3, -0.25) is 0 Å². The van der Waals surface area contributed by atoms with Crippen LogP contribution in [0.1, 0.15) is 41.5 Å². The number of rotatable bonds is 6. The standard InChI is InChI=1S/C25H33N3OSi/c1-17(2)30(18(3)4,19(5)6)28-10-8-20(14-28)22-12-23-24(21-9-11-29-16-21)15-27(7)25(23)26-13-22/h8-19H,1-7H3. The Morgan fingerprint density at radius 1 is 0.900 bits per heavy atom. The topological polar surface area (TPSA) is 35.9 Å². The van der Waals surface area contributed by atoms with Gasteiger partial charge in [0.1, 0.15) is 5.65 Å². The Balaban J connectivity index is 1.83. The van der Waals surface area contributed by atoms with E-state index in [1.165, 1.54) is 5.56 Å². The van der Waals surface area contributed by atoms with Crippen molar-refractivity contribution in [2.45, 2.75) is 58.2 Å². The van der Waals surface area contributed by atoms with Crippen LogP contribution in [0.2, 0.25) is 16.6 Å². The first kappa shape index (κ1) is 20.7. The van der Waals surface area contributed by atoms with Crippen molar-refractivity contribution in [2.24, 2.45) is 7.05 Å². The highest BCUT2D eigenvalue weighted by molar-refractivity contribution is 6.82. The molecule has 4 heterocycles. The number of pyridine rings is 1. The molecule has 0 aliphatic carbocycles. The molecule has 30 heavy (non-hydrogen) atoms. The summed E-state index contributed by atoms with van der Waals surface area (Å²) in [5.41, 5.74) is 7.64. The maximum absolute atomic E-state index is 5.32. The van der Waals surface area contributed by atoms with Gasteiger partial charge in [-0.05, 0) is 41.0 Å². The van der Waals surface area contributed by atoms with Gasteiger partial charge in [-0.2, -0.15) is 0 Å². The van der Waals surface area contributed by atoms with E-state index in [-0.39, 0.29) is 0 Å². The van der Waals surface area contributed by atoms with E-state index in [4.69, 9.17) is 9.40 Å². The van der Waals surface area contributed by atoms with Crippen LogP contribution < -0.4 is 0 Å². The van der Waals surface area contributed by atoms with Crippen molar-refractivity contribution in [3.05, 3.63) is 55.5 Å². The summed E-state index contributed by atoms with van der Waals surface area (Å²) < 4.78 is 10.00. The summed E-state index contributed by atoms with van der Waals surface area (Å²) in [6, 6.07) is 6.54. The quantitative estimate of drug-likeness (QED) is 0.307. The predicted octanol–water partition coefficient (Wildman–Crippen LogP) is 7.33. The van der Waals surface area contributed by atoms with Crippen LogP contribution in [-0.2, 0) is 7.05 Å². The molecule has 0 spiro atoms. The first-order chi connectivity index (χ1) is 14.3. The van der Waals surface area contributed by atoms with Crippen LogP contribution in [0.5, 0.6) is 0 Å². The molecule has 0 saturated heterocycles. The lowest BCUT2D eigenvalue weighted by molar-refractivity contribution is 0.568. The Bertz CT molecular complexity index is 1130. The number of aromatic nitrogens is 3. The van der Waals surface area contributed by atoms with Gasteiger partial charge in [-0.25, -0.2) is 4.98 Å². The van der Waals surface area contributed by atoms with Crippen molar-refractivity contribution in [1.82, 2.24) is 13.8 Å². The van der Waals surface area contributed by atoms with E-state index in [0.717, 1.165) is 27.7 Å². The number of furan rings is 1. The van der Waals surface area contributed by atoms with Crippen LogP contribution >= 0.6 is 0 Å². The average Bonchev–Trinajstić information content (AvgIpc) is 3.42. The fourth-order valence-electron chi connectivity index (χ4n) is 5.77. The minimum Gasteiger partial charge on any atom is -0.472 e. The maximum Gasteiger partial charge on any atom is 0.168 e. The SMILES string of the molecule is CC(C)[Si](C(C)C)(C(C)C)n1ccc(-c2cnc3c(c2)c(-c2ccoc2)cn3C)c1. The predicted molar refractivity (Wildman–Crippen MR) is 128 cm³/mol. The number of aryl methyl sites for hydroxylation is 1. The molecule has 0 fully saturated rings. The monoisotopic (exact) mass is 419 g/mol. The van der Waals surface area contributed by atoms with Crippen molar-refractivity contribution in [3.63, 3.8) is 0 Å². The zero-order chi connectivity index (χ0) is 21.6. The molecule has 0 aromatic carbocycles. The van der Waals surface area contributed by atoms with Gasteiger partial charge in [0.2, 0.25) is 0 Å². The lowest BCUT2D eigenvalue weighted by atomic mass is 10.1. The van der Waals surface area contributed by atoms with E-state index in [1.807, 2.05) is 19.3 Å². The summed E-state index contributed by atoms with van der Waals surface area (Å²) >= 11 is 0. The summed E-state index contributed by atoms with van der Waals surface area (Å²) in [6.45, 7) is 14.4. The second-order valence-corrected chi connectivity index (χ2v) is 15.2. The normalized spacial score (nSPS) is 12.7. The van der Waals surface area contributed by atoms with E-state index in [9.17, 15) is 0 Å². The Kier molecular flexibility index (Phi) is 5.26. The van der Waals surface area contributed by atoms with Gasteiger partial charge in [0.25, 0.3) is 0 Å². The van der Waals surface area contributed by atoms with Gasteiger partial charge in [-0.1, -0.05) is 41.5 Å². The lowest BCUT2D eigenvalue weighted by Crippen LogP contribution is -2.51. The molecule has 4 aromatic heterocycles. The molecular weight excluding hydrogens is 386 g/mol. The maximum atomic E-state index is 5.32. The molecule has 0 aliphatic heterocycles. The number of nitrogens with zero attached hydrogens (tertiary/aromatic N) is 3. The molecule has 4 rings (SSSR count). The molecule has 0 aliphatic rings. The molecule has 158 valence electrons. The van der Waals surface area contributed by atoms with Gasteiger partial charge in [-0.15, -0.1) is 0 Å². The highest BCUT2D eigenvalue weighted by Gasteiger charge is 2.44. The lowest BCUT2D eigenvalue weighted by Gasteiger charge is -2.44. The Morgan fingerprint density at radius 3 is 2.20 bits per heavy atom. The van der Waals surface area contributed by atoms with Gasteiger partial charge >= 0.3 is 0 Å². The Labute approximate surface area is 180 Å². The zero-order valence-corrected chi connectivity index (χ0v) is 20.2. The summed E-state index contributed by atoms with van der Waals surface area (Å²) in [4.78, 5) is 4.80. The number of hydrogen-bond donors (Lipinski definition) is 0. The highest BCUT2D eigenvalue weighted by atomic mass is 28.3. The third kappa shape index (κ3) is 3.07. The van der Waals surface area contributed by atoms with E-state index in [0.29, 0.717) is 16.6 Å². The minimum atomic E-state index is -1.74. The van der Waals surface area contributed by atoms with E-state index in [1.54, 1.807) is 12.5 Å². The van der Waals surface area contributed by atoms with Crippen LogP contribution in [0.3, 0.4) is 0 Å². The number of fused-ring (bicyclic) bond motifs is 1. The van der Waals surface area contributed by atoms with Gasteiger partial charge in [0.05, 0.1) is 12.5 Å². The van der Waals surface area contributed by atoms with Gasteiger partial charge in [0.15, 0.2) is 8.24 Å². The van der Waals surface area contributed by atoms with Crippen LogP contribution in [0.25, 0.3) is 33.3 Å². The first-order valence-corrected chi connectivity index (χ1v) is 13.1. The molecule has 0 unspecified atom stereocenters. The van der Waals surface area contributed by atoms with Gasteiger partial charge in [0, 0.05) is 53.3 Å². The first-order valence-electron chi connectivity index (χ1n) is 10.9. The Hall–Kier alpha value is -2.53. The fourth-order valence-corrected chi connectivity index (χ4v) is 12.3. The van der Waals surface area contributed by atoms with Gasteiger partial charge < -0.3 is 13.2 Å². The van der Waals surface area contributed by atoms with E-state index < -0.39 is 8.24 Å². The zero-order valence-electron chi connectivity index (χ0n) is 19.2. The highest BCUT2D eigenvalue weighted by Crippen LogP contribution is 2.43. The molecule has 5 heteroatoms. The van der Waals surface area contributed by atoms with Crippen LogP contribution in [0.15, 0.2) is 59.9 Å². The van der Waals surface area contributed by atoms with Crippen LogP contribution in [0.4, 0.5) is 0 Å². The Morgan fingerprint density at radius 2 is 1.60 bits per heavy atom. The molecular formula is C25H33N3OSi. The van der Waals surface area contributed by atoms with Crippen LogP contribution in [-0.4, -0.2) is 22.0 Å². The molecule has 0 radical (unpaired) electrons. The minimum absolute atomic E-state index is 0.667. The summed E-state index contributed by atoms with van der Waals surface area (Å²) in [6.07, 6.45) is 12.3. The molecule has 0 atom stereocenters. The molecule has 4 aromatic rings. The summed E-state index contributed by atoms with van der Waals surface area (Å²) in [7, 11) is 0.305. The fraction of sp³-hybridized carbons (Fsp3) is 0.400. The van der Waals surface area contributed by atoms with E-state index >= 15 is 0 Å². The second kappa shape index (κ2) is 7.62. The summed E-state index contributed by atoms with van der Waals surface area (Å²) in [5.74, 6) is 0. The van der Waals surface area contributed by atoms with E-state index in [2.05, 4.69) is 81.1 Å². The van der Waals surface area contributed by atoms with Crippen molar-refractivity contribution >= 4 is 19.3 Å². The second-order valence-electron chi connectivity index (χ2n) is 9.42. The van der Waals surface area contributed by atoms with Crippen LogP contribution in [0, 0.1) is 0 Å². The number of hydrogen-bond acceptors (Lipinski definition) is 2. The molecule has 0 saturated carbocycles. The average molecular weight is 420 g/mol. The third-order valence-electron chi connectivity index (χ3n) is 6.89. The summed E-state index contributed by atoms with van der Waals surface area (Å²) in [5, 5.41) is 1.16. The molecule has 4 nitrogen and oxygen atoms in total. The molecule has 0 bridgehead atoms. The third-order valence-corrected chi connectivity index (χ3v) is 13.6. The van der Waals surface area contributed by atoms with Crippen molar-refractivity contribution < 1.29 is 4.42 Å². The van der Waals surface area contributed by atoms with Crippen molar-refractivity contribution in [3.8, 4) is 22.3 Å². The smallest absolute Gasteiger partial charge is 0.168 e.